The van der Waals surface area contributed by atoms with E-state index in [2.05, 4.69) is 22.3 Å². The average molecular weight is 368 g/mol. The molecule has 1 aliphatic rings. The van der Waals surface area contributed by atoms with E-state index in [4.69, 9.17) is 0 Å². The third-order valence-corrected chi connectivity index (χ3v) is 6.14. The van der Waals surface area contributed by atoms with Crippen LogP contribution in [0.15, 0.2) is 29.2 Å². The second-order valence-corrected chi connectivity index (χ2v) is 8.80. The van der Waals surface area contributed by atoms with Crippen molar-refractivity contribution in [1.29, 1.82) is 0 Å². The van der Waals surface area contributed by atoms with Crippen molar-refractivity contribution in [3.8, 4) is 0 Å². The first-order chi connectivity index (χ1) is 11.8. The Balaban J connectivity index is 1.86. The molecule has 2 unspecified atom stereocenters. The van der Waals surface area contributed by atoms with Crippen LogP contribution in [0.1, 0.15) is 46.5 Å². The van der Waals surface area contributed by atoms with Crippen LogP contribution in [0.2, 0.25) is 0 Å². The lowest BCUT2D eigenvalue weighted by atomic mass is 9.86. The van der Waals surface area contributed by atoms with Gasteiger partial charge in [-0.2, -0.15) is 0 Å². The molecule has 1 fully saturated rings. The highest BCUT2D eigenvalue weighted by atomic mass is 32.2. The van der Waals surface area contributed by atoms with E-state index in [1.165, 1.54) is 31.4 Å². The van der Waals surface area contributed by atoms with Crippen molar-refractivity contribution in [2.45, 2.75) is 63.4 Å². The largest absolute Gasteiger partial charge is 0.376 e. The van der Waals surface area contributed by atoms with Crippen LogP contribution in [-0.2, 0) is 14.8 Å². The van der Waals surface area contributed by atoms with Gasteiger partial charge in [-0.3, -0.25) is 4.79 Å². The Morgan fingerprint density at radius 2 is 1.80 bits per heavy atom. The lowest BCUT2D eigenvalue weighted by Gasteiger charge is -2.29. The van der Waals surface area contributed by atoms with Crippen molar-refractivity contribution in [3.05, 3.63) is 24.3 Å². The minimum atomic E-state index is -3.49. The maximum atomic E-state index is 12.1. The van der Waals surface area contributed by atoms with Gasteiger partial charge in [-0.05, 0) is 56.9 Å². The summed E-state index contributed by atoms with van der Waals surface area (Å²) in [7, 11) is -3.49. The zero-order chi connectivity index (χ0) is 18.4. The van der Waals surface area contributed by atoms with Crippen molar-refractivity contribution in [2.24, 2.45) is 5.92 Å². The molecule has 1 aliphatic carbocycles. The van der Waals surface area contributed by atoms with Gasteiger partial charge in [0.05, 0.1) is 11.4 Å². The first kappa shape index (κ1) is 19.7. The number of carbonyl (C=O) groups excluding carboxylic acids is 1. The topological polar surface area (TPSA) is 87.3 Å². The molecule has 2 rings (SSSR count). The first-order valence-electron chi connectivity index (χ1n) is 8.93. The first-order valence-corrected chi connectivity index (χ1v) is 10.4. The predicted octanol–water partition coefficient (Wildman–Crippen LogP) is 2.48. The molecule has 3 N–H and O–H groups in total. The maximum absolute atomic E-state index is 12.1. The molecule has 1 saturated carbocycles. The van der Waals surface area contributed by atoms with Gasteiger partial charge in [-0.15, -0.1) is 0 Å². The van der Waals surface area contributed by atoms with Crippen molar-refractivity contribution < 1.29 is 13.2 Å². The summed E-state index contributed by atoms with van der Waals surface area (Å²) in [5.41, 5.74) is 0.718. The second kappa shape index (κ2) is 8.67. The van der Waals surface area contributed by atoms with Crippen LogP contribution < -0.4 is 15.4 Å². The summed E-state index contributed by atoms with van der Waals surface area (Å²) in [6.45, 7) is 5.92. The normalized spacial score (nSPS) is 21.1. The van der Waals surface area contributed by atoms with E-state index in [-0.39, 0.29) is 29.4 Å². The van der Waals surface area contributed by atoms with Gasteiger partial charge >= 0.3 is 0 Å². The van der Waals surface area contributed by atoms with Crippen LogP contribution in [0.4, 0.5) is 5.69 Å². The van der Waals surface area contributed by atoms with Crippen LogP contribution in [0.25, 0.3) is 0 Å². The number of sulfonamides is 1. The molecule has 2 atom stereocenters. The Morgan fingerprint density at radius 1 is 1.16 bits per heavy atom. The van der Waals surface area contributed by atoms with Crippen LogP contribution in [0.5, 0.6) is 0 Å². The summed E-state index contributed by atoms with van der Waals surface area (Å²) in [6, 6.07) is 6.52. The molecule has 6 nitrogen and oxygen atoms in total. The van der Waals surface area contributed by atoms with E-state index < -0.39 is 10.0 Å². The Kier molecular flexibility index (Phi) is 6.84. The molecule has 7 heteroatoms. The van der Waals surface area contributed by atoms with Gasteiger partial charge in [0.2, 0.25) is 15.9 Å². The number of carbonyl (C=O) groups is 1. The predicted molar refractivity (Wildman–Crippen MR) is 100.0 cm³/mol. The van der Waals surface area contributed by atoms with E-state index in [9.17, 15) is 13.2 Å². The van der Waals surface area contributed by atoms with Crippen LogP contribution >= 0.6 is 0 Å². The number of nitrogens with one attached hydrogen (secondary N) is 3. The molecule has 0 aromatic heterocycles. The number of anilines is 1. The van der Waals surface area contributed by atoms with Gasteiger partial charge in [0.15, 0.2) is 0 Å². The highest BCUT2D eigenvalue weighted by Gasteiger charge is 2.22. The summed E-state index contributed by atoms with van der Waals surface area (Å²) in [5, 5.41) is 6.13. The minimum Gasteiger partial charge on any atom is -0.376 e. The third-order valence-electron chi connectivity index (χ3n) is 4.47. The maximum Gasteiger partial charge on any atom is 0.240 e. The van der Waals surface area contributed by atoms with E-state index in [1.54, 1.807) is 26.0 Å². The molecule has 1 amide bonds. The molecular weight excluding hydrogens is 338 g/mol. The lowest BCUT2D eigenvalue weighted by Crippen LogP contribution is -2.43. The lowest BCUT2D eigenvalue weighted by molar-refractivity contribution is -0.120. The zero-order valence-corrected chi connectivity index (χ0v) is 16.0. The van der Waals surface area contributed by atoms with Gasteiger partial charge in [-0.25, -0.2) is 13.1 Å². The SMILES string of the molecule is CC(C)NS(=O)(=O)c1ccc(NCC(=O)NC2CCCCC2C)cc1. The molecule has 0 saturated heterocycles. The van der Waals surface area contributed by atoms with Crippen molar-refractivity contribution in [1.82, 2.24) is 10.0 Å². The van der Waals surface area contributed by atoms with Crippen molar-refractivity contribution >= 4 is 21.6 Å². The summed E-state index contributed by atoms with van der Waals surface area (Å²) >= 11 is 0. The minimum absolute atomic E-state index is 0.0306. The van der Waals surface area contributed by atoms with Crippen LogP contribution in [-0.4, -0.2) is 33.0 Å². The standard InChI is InChI=1S/C18H29N3O3S/c1-13(2)21-25(23,24)16-10-8-15(9-11-16)19-12-18(22)20-17-7-5-4-6-14(17)3/h8-11,13-14,17,19,21H,4-7,12H2,1-3H3,(H,20,22). The fourth-order valence-electron chi connectivity index (χ4n) is 3.10. The van der Waals surface area contributed by atoms with Crippen LogP contribution in [0.3, 0.4) is 0 Å². The number of rotatable bonds is 7. The molecule has 140 valence electrons. The highest BCUT2D eigenvalue weighted by molar-refractivity contribution is 7.89. The third kappa shape index (κ3) is 6.01. The summed E-state index contributed by atoms with van der Waals surface area (Å²) < 4.78 is 26.7. The number of hydrogen-bond acceptors (Lipinski definition) is 4. The van der Waals surface area contributed by atoms with Gasteiger partial charge in [-0.1, -0.05) is 19.8 Å². The number of benzene rings is 1. The Hall–Kier alpha value is -1.60. The fourth-order valence-corrected chi connectivity index (χ4v) is 4.35. The van der Waals surface area contributed by atoms with Gasteiger partial charge in [0.25, 0.3) is 0 Å². The quantitative estimate of drug-likeness (QED) is 0.691. The van der Waals surface area contributed by atoms with E-state index in [0.717, 1.165) is 12.1 Å². The Bertz CT molecular complexity index is 671. The average Bonchev–Trinajstić information content (AvgIpc) is 2.54. The fraction of sp³-hybridized carbons (Fsp3) is 0.611. The smallest absolute Gasteiger partial charge is 0.240 e. The molecular formula is C18H29N3O3S. The molecule has 0 radical (unpaired) electrons. The second-order valence-electron chi connectivity index (χ2n) is 7.09. The molecule has 25 heavy (non-hydrogen) atoms. The zero-order valence-electron chi connectivity index (χ0n) is 15.2. The summed E-state index contributed by atoms with van der Waals surface area (Å²) in [4.78, 5) is 12.3. The van der Waals surface area contributed by atoms with Gasteiger partial charge < -0.3 is 10.6 Å². The molecule has 1 aromatic carbocycles. The van der Waals surface area contributed by atoms with E-state index in [0.29, 0.717) is 5.92 Å². The molecule has 0 bridgehead atoms. The summed E-state index contributed by atoms with van der Waals surface area (Å²) in [6.07, 6.45) is 4.62. The summed E-state index contributed by atoms with van der Waals surface area (Å²) in [5.74, 6) is 0.493. The van der Waals surface area contributed by atoms with Crippen LogP contribution in [0, 0.1) is 5.92 Å². The van der Waals surface area contributed by atoms with Gasteiger partial charge in [0, 0.05) is 17.8 Å². The molecule has 0 spiro atoms. The Labute approximate surface area is 150 Å². The Morgan fingerprint density at radius 3 is 2.40 bits per heavy atom. The van der Waals surface area contributed by atoms with Gasteiger partial charge in [0.1, 0.15) is 0 Å². The monoisotopic (exact) mass is 367 g/mol. The highest BCUT2D eigenvalue weighted by Crippen LogP contribution is 2.23. The van der Waals surface area contributed by atoms with Crippen molar-refractivity contribution in [3.63, 3.8) is 0 Å². The van der Waals surface area contributed by atoms with Crippen molar-refractivity contribution in [2.75, 3.05) is 11.9 Å². The molecule has 1 aromatic rings. The molecule has 0 aliphatic heterocycles. The van der Waals surface area contributed by atoms with E-state index in [1.807, 2.05) is 0 Å². The van der Waals surface area contributed by atoms with E-state index >= 15 is 0 Å². The number of amides is 1. The molecule has 0 heterocycles. The number of hydrogen-bond donors (Lipinski definition) is 3.